The maximum Gasteiger partial charge on any atom is 0.248 e. The van der Waals surface area contributed by atoms with Crippen LogP contribution in [0.2, 0.25) is 0 Å². The van der Waals surface area contributed by atoms with E-state index in [2.05, 4.69) is 6.92 Å². The van der Waals surface area contributed by atoms with Gasteiger partial charge >= 0.3 is 0 Å². The van der Waals surface area contributed by atoms with Crippen LogP contribution < -0.4 is 0 Å². The molecule has 0 atom stereocenters. The summed E-state index contributed by atoms with van der Waals surface area (Å²) in [7, 11) is 0. The average Bonchev–Trinajstić information content (AvgIpc) is 1.96. The molecule has 60 valence electrons. The maximum atomic E-state index is 5.88. The van der Waals surface area contributed by atoms with Crippen LogP contribution in [0.3, 0.4) is 0 Å². The third kappa shape index (κ3) is 1.84. The number of ether oxygens (including phenoxy) is 2. The lowest BCUT2D eigenvalue weighted by atomic mass is 10.2. The molecular formula is C7H13ClO2. The topological polar surface area (TPSA) is 18.5 Å². The SMILES string of the molecule is CCC1(Cl)OCC(C)CO1. The van der Waals surface area contributed by atoms with E-state index >= 15 is 0 Å². The number of hydrogen-bond acceptors (Lipinski definition) is 2. The molecule has 0 saturated carbocycles. The summed E-state index contributed by atoms with van der Waals surface area (Å²) < 4.78 is 10.5. The van der Waals surface area contributed by atoms with Crippen LogP contribution in [0.25, 0.3) is 0 Å². The molecule has 1 aliphatic heterocycles. The van der Waals surface area contributed by atoms with Crippen molar-refractivity contribution in [2.45, 2.75) is 25.5 Å². The van der Waals surface area contributed by atoms with Crippen molar-refractivity contribution in [3.63, 3.8) is 0 Å². The first-order valence-electron chi connectivity index (χ1n) is 3.63. The predicted molar refractivity (Wildman–Crippen MR) is 39.9 cm³/mol. The quantitative estimate of drug-likeness (QED) is 0.552. The number of rotatable bonds is 1. The maximum absolute atomic E-state index is 5.88. The van der Waals surface area contributed by atoms with E-state index in [0.717, 1.165) is 0 Å². The fraction of sp³-hybridized carbons (Fsp3) is 1.00. The second-order valence-electron chi connectivity index (χ2n) is 2.74. The van der Waals surface area contributed by atoms with Crippen molar-refractivity contribution in [2.24, 2.45) is 5.92 Å². The standard InChI is InChI=1S/C7H13ClO2/c1-3-7(8)9-4-6(2)5-10-7/h6H,3-5H2,1-2H3. The molecule has 0 N–H and O–H groups in total. The molecule has 0 aliphatic carbocycles. The Hall–Kier alpha value is 0.210. The van der Waals surface area contributed by atoms with Crippen LogP contribution in [0.4, 0.5) is 0 Å². The van der Waals surface area contributed by atoms with E-state index in [9.17, 15) is 0 Å². The van der Waals surface area contributed by atoms with E-state index < -0.39 is 5.25 Å². The van der Waals surface area contributed by atoms with E-state index in [4.69, 9.17) is 21.1 Å². The molecule has 2 nitrogen and oxygen atoms in total. The van der Waals surface area contributed by atoms with Crippen LogP contribution in [0.15, 0.2) is 0 Å². The van der Waals surface area contributed by atoms with Crippen LogP contribution >= 0.6 is 11.6 Å². The minimum absolute atomic E-state index is 0.471. The van der Waals surface area contributed by atoms with Crippen molar-refractivity contribution in [1.29, 1.82) is 0 Å². The molecular weight excluding hydrogens is 152 g/mol. The number of halogens is 1. The fourth-order valence-electron chi connectivity index (χ4n) is 0.827. The highest BCUT2D eigenvalue weighted by Gasteiger charge is 2.32. The summed E-state index contributed by atoms with van der Waals surface area (Å²) in [5, 5.41) is -0.827. The zero-order chi connectivity index (χ0) is 7.61. The molecule has 10 heavy (non-hydrogen) atoms. The highest BCUT2D eigenvalue weighted by Crippen LogP contribution is 2.28. The lowest BCUT2D eigenvalue weighted by Gasteiger charge is -2.33. The Morgan fingerprint density at radius 2 is 2.00 bits per heavy atom. The Morgan fingerprint density at radius 3 is 2.40 bits per heavy atom. The predicted octanol–water partition coefficient (Wildman–Crippen LogP) is 1.97. The van der Waals surface area contributed by atoms with Gasteiger partial charge in [-0.3, -0.25) is 0 Å². The summed E-state index contributed by atoms with van der Waals surface area (Å²) in [6, 6.07) is 0. The van der Waals surface area contributed by atoms with Crippen molar-refractivity contribution < 1.29 is 9.47 Å². The van der Waals surface area contributed by atoms with Crippen LogP contribution in [0, 0.1) is 5.92 Å². The average molecular weight is 165 g/mol. The van der Waals surface area contributed by atoms with Crippen LogP contribution in [-0.2, 0) is 9.47 Å². The lowest BCUT2D eigenvalue weighted by molar-refractivity contribution is -0.229. The molecule has 1 aliphatic rings. The van der Waals surface area contributed by atoms with Crippen molar-refractivity contribution in [2.75, 3.05) is 13.2 Å². The Kier molecular flexibility index (Phi) is 2.55. The monoisotopic (exact) mass is 164 g/mol. The van der Waals surface area contributed by atoms with E-state index in [0.29, 0.717) is 25.6 Å². The van der Waals surface area contributed by atoms with Gasteiger partial charge in [-0.2, -0.15) is 0 Å². The van der Waals surface area contributed by atoms with Crippen molar-refractivity contribution >= 4 is 11.6 Å². The molecule has 3 heteroatoms. The Bertz CT molecular complexity index is 108. The first kappa shape index (κ1) is 8.31. The number of hydrogen-bond donors (Lipinski definition) is 0. The summed E-state index contributed by atoms with van der Waals surface area (Å²) in [6.07, 6.45) is 0.696. The largest absolute Gasteiger partial charge is 0.337 e. The van der Waals surface area contributed by atoms with Gasteiger partial charge < -0.3 is 9.47 Å². The van der Waals surface area contributed by atoms with E-state index in [-0.39, 0.29) is 0 Å². The molecule has 1 fully saturated rings. The molecule has 0 spiro atoms. The smallest absolute Gasteiger partial charge is 0.248 e. The Balaban J connectivity index is 2.38. The van der Waals surface area contributed by atoms with Gasteiger partial charge in [-0.05, 0) is 0 Å². The summed E-state index contributed by atoms with van der Waals surface area (Å²) >= 11 is 5.88. The van der Waals surface area contributed by atoms with Gasteiger partial charge in [-0.15, -0.1) is 0 Å². The highest BCUT2D eigenvalue weighted by atomic mass is 35.5. The third-order valence-corrected chi connectivity index (χ3v) is 2.07. The molecule has 1 heterocycles. The molecule has 0 aromatic heterocycles. The van der Waals surface area contributed by atoms with E-state index in [1.807, 2.05) is 6.92 Å². The summed E-state index contributed by atoms with van der Waals surface area (Å²) in [4.78, 5) is 0. The molecule has 0 radical (unpaired) electrons. The first-order valence-corrected chi connectivity index (χ1v) is 4.01. The van der Waals surface area contributed by atoms with Crippen molar-refractivity contribution in [3.8, 4) is 0 Å². The van der Waals surface area contributed by atoms with Gasteiger partial charge in [0.05, 0.1) is 13.2 Å². The van der Waals surface area contributed by atoms with Crippen molar-refractivity contribution in [1.82, 2.24) is 0 Å². The molecule has 0 aromatic carbocycles. The fourth-order valence-corrected chi connectivity index (χ4v) is 0.953. The van der Waals surface area contributed by atoms with Gasteiger partial charge in [0.2, 0.25) is 5.25 Å². The zero-order valence-electron chi connectivity index (χ0n) is 6.39. The summed E-state index contributed by atoms with van der Waals surface area (Å²) in [6.45, 7) is 5.43. The van der Waals surface area contributed by atoms with Gasteiger partial charge in [0, 0.05) is 12.3 Å². The van der Waals surface area contributed by atoms with E-state index in [1.54, 1.807) is 0 Å². The van der Waals surface area contributed by atoms with E-state index in [1.165, 1.54) is 0 Å². The second-order valence-corrected chi connectivity index (χ2v) is 3.32. The highest BCUT2D eigenvalue weighted by molar-refractivity contribution is 6.21. The Labute approximate surface area is 66.5 Å². The van der Waals surface area contributed by atoms with Crippen LogP contribution in [0.5, 0.6) is 0 Å². The normalized spacial score (nSPS) is 41.7. The Morgan fingerprint density at radius 1 is 1.50 bits per heavy atom. The van der Waals surface area contributed by atoms with Gasteiger partial charge in [0.15, 0.2) is 0 Å². The number of alkyl halides is 1. The molecule has 0 unspecified atom stereocenters. The molecule has 0 bridgehead atoms. The summed E-state index contributed by atoms with van der Waals surface area (Å²) in [5.74, 6) is 0.471. The minimum Gasteiger partial charge on any atom is -0.337 e. The first-order chi connectivity index (χ1) is 4.66. The summed E-state index contributed by atoms with van der Waals surface area (Å²) in [5.41, 5.74) is 0. The molecule has 1 rings (SSSR count). The van der Waals surface area contributed by atoms with Gasteiger partial charge in [-0.1, -0.05) is 25.4 Å². The molecule has 0 amide bonds. The second kappa shape index (κ2) is 3.07. The lowest BCUT2D eigenvalue weighted by Crippen LogP contribution is -2.38. The molecule has 0 aromatic rings. The van der Waals surface area contributed by atoms with Gasteiger partial charge in [0.25, 0.3) is 0 Å². The molecule has 1 saturated heterocycles. The van der Waals surface area contributed by atoms with Crippen LogP contribution in [-0.4, -0.2) is 18.5 Å². The minimum atomic E-state index is -0.827. The zero-order valence-corrected chi connectivity index (χ0v) is 7.15. The third-order valence-electron chi connectivity index (χ3n) is 1.59. The van der Waals surface area contributed by atoms with Crippen LogP contribution in [0.1, 0.15) is 20.3 Å². The van der Waals surface area contributed by atoms with Crippen molar-refractivity contribution in [3.05, 3.63) is 0 Å². The van der Waals surface area contributed by atoms with Gasteiger partial charge in [0.1, 0.15) is 0 Å². The van der Waals surface area contributed by atoms with Gasteiger partial charge in [-0.25, -0.2) is 0 Å².